The molecule has 0 aliphatic rings. The molecule has 0 saturated carbocycles. The van der Waals surface area contributed by atoms with Crippen LogP contribution in [0, 0.1) is 0 Å². The molecule has 1 heterocycles. The zero-order valence-corrected chi connectivity index (χ0v) is 12.6. The molecule has 0 saturated heterocycles. The Bertz CT molecular complexity index is 740. The Kier molecular flexibility index (Phi) is 4.56. The summed E-state index contributed by atoms with van der Waals surface area (Å²) < 4.78 is 38.4. The van der Waals surface area contributed by atoms with Crippen molar-refractivity contribution in [2.75, 3.05) is 0 Å². The first-order chi connectivity index (χ1) is 10.1. The molecule has 0 atom stereocenters. The van der Waals surface area contributed by atoms with Crippen LogP contribution in [0.15, 0.2) is 24.3 Å². The lowest BCUT2D eigenvalue weighted by molar-refractivity contribution is -0.141. The van der Waals surface area contributed by atoms with Crippen LogP contribution in [0.2, 0.25) is 15.1 Å². The predicted octanol–water partition coefficient (Wildman–Crippen LogP) is 5.43. The summed E-state index contributed by atoms with van der Waals surface area (Å²) in [7, 11) is 0. The van der Waals surface area contributed by atoms with Crippen LogP contribution in [-0.4, -0.2) is 16.1 Å². The second-order valence-corrected chi connectivity index (χ2v) is 5.39. The quantitative estimate of drug-likeness (QED) is 0.767. The minimum atomic E-state index is -4.74. The van der Waals surface area contributed by atoms with Crippen LogP contribution in [-0.2, 0) is 6.18 Å². The number of aromatic nitrogens is 1. The van der Waals surface area contributed by atoms with E-state index in [9.17, 15) is 18.0 Å². The number of carbonyl (C=O) groups is 1. The summed E-state index contributed by atoms with van der Waals surface area (Å²) in [6.45, 7) is 0. The summed E-state index contributed by atoms with van der Waals surface area (Å²) in [4.78, 5) is 14.6. The van der Waals surface area contributed by atoms with Crippen molar-refractivity contribution in [3.05, 3.63) is 50.6 Å². The highest BCUT2D eigenvalue weighted by molar-refractivity contribution is 6.42. The monoisotopic (exact) mass is 369 g/mol. The summed E-state index contributed by atoms with van der Waals surface area (Å²) in [5.74, 6) is -1.46. The Hall–Kier alpha value is -1.50. The predicted molar refractivity (Wildman–Crippen MR) is 76.7 cm³/mol. The van der Waals surface area contributed by atoms with Crippen LogP contribution in [0.25, 0.3) is 11.3 Å². The van der Waals surface area contributed by atoms with Crippen molar-refractivity contribution in [3.63, 3.8) is 0 Å². The van der Waals surface area contributed by atoms with Gasteiger partial charge in [0.05, 0.1) is 21.3 Å². The van der Waals surface area contributed by atoms with Crippen molar-refractivity contribution in [1.82, 2.24) is 4.98 Å². The highest BCUT2D eigenvalue weighted by atomic mass is 35.5. The van der Waals surface area contributed by atoms with E-state index >= 15 is 0 Å². The number of pyridine rings is 1. The average Bonchev–Trinajstić information content (AvgIpc) is 2.36. The van der Waals surface area contributed by atoms with E-state index in [0.717, 1.165) is 6.07 Å². The van der Waals surface area contributed by atoms with E-state index in [4.69, 9.17) is 39.9 Å². The maximum atomic E-state index is 12.8. The lowest BCUT2D eigenvalue weighted by Crippen LogP contribution is -2.11. The number of hydrogen-bond donors (Lipinski definition) is 1. The minimum absolute atomic E-state index is 0.105. The fraction of sp³-hybridized carbons (Fsp3) is 0.0769. The Labute approximate surface area is 137 Å². The van der Waals surface area contributed by atoms with Gasteiger partial charge in [0.25, 0.3) is 0 Å². The molecule has 116 valence electrons. The van der Waals surface area contributed by atoms with Crippen molar-refractivity contribution in [1.29, 1.82) is 0 Å². The molecule has 0 radical (unpaired) electrons. The van der Waals surface area contributed by atoms with Gasteiger partial charge in [-0.2, -0.15) is 13.2 Å². The third-order valence-corrected chi connectivity index (χ3v) is 3.47. The molecule has 0 amide bonds. The van der Waals surface area contributed by atoms with Gasteiger partial charge in [-0.25, -0.2) is 9.78 Å². The van der Waals surface area contributed by atoms with E-state index in [0.29, 0.717) is 6.07 Å². The zero-order valence-electron chi connectivity index (χ0n) is 10.4. The molecule has 3 nitrogen and oxygen atoms in total. The molecule has 0 bridgehead atoms. The van der Waals surface area contributed by atoms with Crippen LogP contribution in [0.4, 0.5) is 13.2 Å². The van der Waals surface area contributed by atoms with Gasteiger partial charge in [-0.15, -0.1) is 0 Å². The maximum absolute atomic E-state index is 12.8. The van der Waals surface area contributed by atoms with Crippen molar-refractivity contribution in [2.45, 2.75) is 6.18 Å². The molecule has 9 heteroatoms. The largest absolute Gasteiger partial charge is 0.478 e. The topological polar surface area (TPSA) is 50.2 Å². The van der Waals surface area contributed by atoms with Crippen molar-refractivity contribution >= 4 is 40.8 Å². The van der Waals surface area contributed by atoms with E-state index in [1.807, 2.05) is 0 Å². The second kappa shape index (κ2) is 5.95. The summed E-state index contributed by atoms with van der Waals surface area (Å²) in [5, 5.41) is 9.07. The molecule has 1 aromatic carbocycles. The van der Waals surface area contributed by atoms with Crippen LogP contribution in [0.3, 0.4) is 0 Å². The number of carboxylic acid groups (broad SMARTS) is 1. The molecular weight excluding hydrogens is 366 g/mol. The van der Waals surface area contributed by atoms with Gasteiger partial charge < -0.3 is 5.11 Å². The molecule has 0 fully saturated rings. The zero-order chi connectivity index (χ0) is 16.7. The first kappa shape index (κ1) is 16.9. The number of aromatic carboxylic acids is 1. The normalized spacial score (nSPS) is 11.5. The smallest absolute Gasteiger partial charge is 0.433 e. The molecule has 2 rings (SSSR count). The van der Waals surface area contributed by atoms with E-state index in [2.05, 4.69) is 4.98 Å². The SMILES string of the molecule is O=C(O)c1ccc(C(F)(F)F)nc1-c1c(Cl)cc(Cl)cc1Cl. The van der Waals surface area contributed by atoms with Gasteiger partial charge in [-0.3, -0.25) is 0 Å². The molecule has 1 aromatic heterocycles. The van der Waals surface area contributed by atoms with Gasteiger partial charge in [-0.05, 0) is 24.3 Å². The van der Waals surface area contributed by atoms with Gasteiger partial charge in [0.2, 0.25) is 0 Å². The van der Waals surface area contributed by atoms with Gasteiger partial charge in [0.1, 0.15) is 5.69 Å². The Morgan fingerprint density at radius 1 is 1.09 bits per heavy atom. The molecular formula is C13H5Cl3F3NO2. The number of nitrogens with zero attached hydrogens (tertiary/aromatic N) is 1. The average molecular weight is 371 g/mol. The van der Waals surface area contributed by atoms with Crippen LogP contribution in [0.1, 0.15) is 16.1 Å². The summed E-state index contributed by atoms with van der Waals surface area (Å²) in [5.41, 5.74) is -2.32. The Morgan fingerprint density at radius 2 is 1.64 bits per heavy atom. The molecule has 0 spiro atoms. The van der Waals surface area contributed by atoms with Crippen molar-refractivity contribution in [3.8, 4) is 11.3 Å². The lowest BCUT2D eigenvalue weighted by Gasteiger charge is -2.13. The van der Waals surface area contributed by atoms with Crippen molar-refractivity contribution in [2.24, 2.45) is 0 Å². The fourth-order valence-electron chi connectivity index (χ4n) is 1.75. The second-order valence-electron chi connectivity index (χ2n) is 4.14. The van der Waals surface area contributed by atoms with Crippen LogP contribution in [0.5, 0.6) is 0 Å². The van der Waals surface area contributed by atoms with Gasteiger partial charge >= 0.3 is 12.1 Å². The number of carboxylic acids is 1. The number of halogens is 6. The number of rotatable bonds is 2. The minimum Gasteiger partial charge on any atom is -0.478 e. The Balaban J connectivity index is 2.80. The lowest BCUT2D eigenvalue weighted by atomic mass is 10.0. The first-order valence-electron chi connectivity index (χ1n) is 5.57. The first-order valence-corrected chi connectivity index (χ1v) is 6.71. The van der Waals surface area contributed by atoms with Crippen LogP contribution < -0.4 is 0 Å². The standard InChI is InChI=1S/C13H5Cl3F3NO2/c14-5-3-7(15)10(8(16)4-5)11-6(12(21)22)1-2-9(20-11)13(17,18)19/h1-4H,(H,21,22). The molecule has 22 heavy (non-hydrogen) atoms. The third-order valence-electron chi connectivity index (χ3n) is 2.66. The maximum Gasteiger partial charge on any atom is 0.433 e. The summed E-state index contributed by atoms with van der Waals surface area (Å²) in [6, 6.07) is 3.84. The highest BCUT2D eigenvalue weighted by Crippen LogP contribution is 2.39. The fourth-order valence-corrected chi connectivity index (χ4v) is 2.74. The summed E-state index contributed by atoms with van der Waals surface area (Å²) >= 11 is 17.6. The van der Waals surface area contributed by atoms with Gasteiger partial charge in [0, 0.05) is 10.6 Å². The van der Waals surface area contributed by atoms with Crippen LogP contribution >= 0.6 is 34.8 Å². The number of hydrogen-bond acceptors (Lipinski definition) is 2. The third kappa shape index (κ3) is 3.29. The van der Waals surface area contributed by atoms with E-state index in [1.54, 1.807) is 0 Å². The number of benzene rings is 1. The molecule has 0 unspecified atom stereocenters. The van der Waals surface area contributed by atoms with E-state index < -0.39 is 29.1 Å². The van der Waals surface area contributed by atoms with Gasteiger partial charge in [0.15, 0.2) is 0 Å². The molecule has 1 N–H and O–H groups in total. The van der Waals surface area contributed by atoms with E-state index in [1.165, 1.54) is 12.1 Å². The molecule has 0 aliphatic heterocycles. The van der Waals surface area contributed by atoms with Crippen molar-refractivity contribution < 1.29 is 23.1 Å². The summed E-state index contributed by atoms with van der Waals surface area (Å²) in [6.07, 6.45) is -4.74. The highest BCUT2D eigenvalue weighted by Gasteiger charge is 2.34. The molecule has 0 aliphatic carbocycles. The van der Waals surface area contributed by atoms with Gasteiger partial charge in [-0.1, -0.05) is 34.8 Å². The number of alkyl halides is 3. The Morgan fingerprint density at radius 3 is 2.09 bits per heavy atom. The van der Waals surface area contributed by atoms with E-state index in [-0.39, 0.29) is 20.6 Å². The molecule has 2 aromatic rings.